The Kier molecular flexibility index (Phi) is 2.56. The average molecular weight is 257 g/mol. The van der Waals surface area contributed by atoms with Gasteiger partial charge in [0.05, 0.1) is 12.2 Å². The Labute approximate surface area is 109 Å². The van der Waals surface area contributed by atoms with Crippen molar-refractivity contribution >= 4 is 22.9 Å². The number of pyridine rings is 1. The third-order valence-electron chi connectivity index (χ3n) is 2.68. The molecule has 2 N–H and O–H groups in total. The van der Waals surface area contributed by atoms with Crippen molar-refractivity contribution in [3.63, 3.8) is 0 Å². The lowest BCUT2D eigenvalue weighted by Crippen LogP contribution is -2.17. The second-order valence-electron chi connectivity index (χ2n) is 3.94. The Morgan fingerprint density at radius 1 is 1.33 bits per heavy atom. The van der Waals surface area contributed by atoms with Crippen LogP contribution in [0.4, 0.5) is 0 Å². The predicted octanol–water partition coefficient (Wildman–Crippen LogP) is 1.21. The van der Waals surface area contributed by atoms with Crippen molar-refractivity contribution in [2.45, 2.75) is 6.54 Å². The Hall–Kier alpha value is -2.21. The lowest BCUT2D eigenvalue weighted by atomic mass is 10.4. The molecule has 5 nitrogen and oxygen atoms in total. The number of aromatic nitrogens is 4. The molecule has 0 saturated carbocycles. The smallest absolute Gasteiger partial charge is 0.167 e. The summed E-state index contributed by atoms with van der Waals surface area (Å²) >= 11 is 4.95. The van der Waals surface area contributed by atoms with Crippen LogP contribution in [0.2, 0.25) is 0 Å². The Balaban J connectivity index is 1.96. The minimum absolute atomic E-state index is 0.295. The molecule has 3 heterocycles. The van der Waals surface area contributed by atoms with Crippen LogP contribution in [-0.2, 0) is 6.54 Å². The fourth-order valence-electron chi connectivity index (χ4n) is 1.90. The van der Waals surface area contributed by atoms with Gasteiger partial charge in [0.2, 0.25) is 0 Å². The van der Waals surface area contributed by atoms with Gasteiger partial charge >= 0.3 is 0 Å². The third-order valence-corrected chi connectivity index (χ3v) is 2.86. The van der Waals surface area contributed by atoms with Crippen LogP contribution in [0.5, 0.6) is 0 Å². The molecular weight excluding hydrogens is 246 g/mol. The molecule has 0 aliphatic rings. The number of hydrogen-bond donors (Lipinski definition) is 1. The standard InChI is InChI=1S/C12H11N5S/c13-11(18)12-14-4-6-17(12)8-9-7-16-5-2-1-3-10(16)15-9/h1-7H,8H2,(H2,13,18). The minimum Gasteiger partial charge on any atom is -0.387 e. The van der Waals surface area contributed by atoms with Crippen molar-refractivity contribution in [2.75, 3.05) is 0 Å². The van der Waals surface area contributed by atoms with E-state index in [1.54, 1.807) is 6.20 Å². The fourth-order valence-corrected chi connectivity index (χ4v) is 2.07. The number of imidazole rings is 2. The van der Waals surface area contributed by atoms with Gasteiger partial charge in [-0.15, -0.1) is 0 Å². The van der Waals surface area contributed by atoms with Crippen molar-refractivity contribution in [3.05, 3.63) is 54.5 Å². The molecule has 18 heavy (non-hydrogen) atoms. The van der Waals surface area contributed by atoms with Gasteiger partial charge in [-0.3, -0.25) is 0 Å². The highest BCUT2D eigenvalue weighted by Crippen LogP contribution is 2.08. The summed E-state index contributed by atoms with van der Waals surface area (Å²) in [7, 11) is 0. The number of nitrogens with zero attached hydrogens (tertiary/aromatic N) is 4. The van der Waals surface area contributed by atoms with E-state index in [4.69, 9.17) is 18.0 Å². The van der Waals surface area contributed by atoms with Crippen molar-refractivity contribution in [2.24, 2.45) is 5.73 Å². The fraction of sp³-hybridized carbons (Fsp3) is 0.0833. The summed E-state index contributed by atoms with van der Waals surface area (Å²) in [6, 6.07) is 5.89. The van der Waals surface area contributed by atoms with E-state index >= 15 is 0 Å². The predicted molar refractivity (Wildman–Crippen MR) is 72.4 cm³/mol. The van der Waals surface area contributed by atoms with E-state index in [0.717, 1.165) is 11.3 Å². The molecule has 3 rings (SSSR count). The molecule has 0 radical (unpaired) electrons. The normalized spacial score (nSPS) is 10.9. The first kappa shape index (κ1) is 10.9. The summed E-state index contributed by atoms with van der Waals surface area (Å²) in [5.74, 6) is 0.613. The second-order valence-corrected chi connectivity index (χ2v) is 4.38. The molecule has 6 heteroatoms. The Bertz CT molecular complexity index is 679. The number of fused-ring (bicyclic) bond motifs is 1. The first-order chi connectivity index (χ1) is 8.74. The van der Waals surface area contributed by atoms with Gasteiger partial charge in [0.1, 0.15) is 10.6 Å². The molecule has 0 atom stereocenters. The highest BCUT2D eigenvalue weighted by molar-refractivity contribution is 7.80. The Morgan fingerprint density at radius 3 is 3.00 bits per heavy atom. The molecule has 0 aliphatic carbocycles. The SMILES string of the molecule is NC(=S)c1nccn1Cc1cn2ccccc2n1. The van der Waals surface area contributed by atoms with Gasteiger partial charge in [0.15, 0.2) is 5.82 Å². The quantitative estimate of drug-likeness (QED) is 0.717. The molecular formula is C12H11N5S. The zero-order chi connectivity index (χ0) is 12.5. The molecule has 0 amide bonds. The van der Waals surface area contributed by atoms with E-state index in [1.807, 2.05) is 45.8 Å². The van der Waals surface area contributed by atoms with E-state index in [2.05, 4.69) is 9.97 Å². The molecule has 90 valence electrons. The van der Waals surface area contributed by atoms with Gasteiger partial charge in [-0.1, -0.05) is 18.3 Å². The second kappa shape index (κ2) is 4.23. The summed E-state index contributed by atoms with van der Waals surface area (Å²) in [5.41, 5.74) is 7.47. The molecule has 0 aliphatic heterocycles. The highest BCUT2D eigenvalue weighted by atomic mass is 32.1. The zero-order valence-corrected chi connectivity index (χ0v) is 10.3. The number of rotatable bonds is 3. The topological polar surface area (TPSA) is 61.1 Å². The van der Waals surface area contributed by atoms with Crippen molar-refractivity contribution in [1.29, 1.82) is 0 Å². The summed E-state index contributed by atoms with van der Waals surface area (Å²) in [4.78, 5) is 8.94. The molecule has 0 spiro atoms. The summed E-state index contributed by atoms with van der Waals surface area (Å²) in [5, 5.41) is 0. The van der Waals surface area contributed by atoms with E-state index in [1.165, 1.54) is 0 Å². The third kappa shape index (κ3) is 1.86. The average Bonchev–Trinajstić information content (AvgIpc) is 2.94. The van der Waals surface area contributed by atoms with Crippen LogP contribution in [0.1, 0.15) is 11.5 Å². The number of hydrogen-bond acceptors (Lipinski definition) is 3. The van der Waals surface area contributed by atoms with Crippen LogP contribution in [0.3, 0.4) is 0 Å². The maximum atomic E-state index is 5.61. The summed E-state index contributed by atoms with van der Waals surface area (Å²) in [6.45, 7) is 0.606. The van der Waals surface area contributed by atoms with Gasteiger partial charge in [0.25, 0.3) is 0 Å². The molecule has 0 aromatic carbocycles. The van der Waals surface area contributed by atoms with Crippen LogP contribution < -0.4 is 5.73 Å². The Morgan fingerprint density at radius 2 is 2.22 bits per heavy atom. The molecule has 0 bridgehead atoms. The van der Waals surface area contributed by atoms with Crippen LogP contribution in [0, 0.1) is 0 Å². The maximum absolute atomic E-state index is 5.61. The van der Waals surface area contributed by atoms with E-state index < -0.39 is 0 Å². The lowest BCUT2D eigenvalue weighted by Gasteiger charge is -2.03. The summed E-state index contributed by atoms with van der Waals surface area (Å²) < 4.78 is 3.87. The van der Waals surface area contributed by atoms with E-state index in [9.17, 15) is 0 Å². The largest absolute Gasteiger partial charge is 0.387 e. The first-order valence-corrected chi connectivity index (χ1v) is 5.88. The first-order valence-electron chi connectivity index (χ1n) is 5.47. The van der Waals surface area contributed by atoms with Gasteiger partial charge < -0.3 is 14.7 Å². The number of thiocarbonyl (C=S) groups is 1. The van der Waals surface area contributed by atoms with Crippen molar-refractivity contribution in [3.8, 4) is 0 Å². The van der Waals surface area contributed by atoms with Crippen molar-refractivity contribution < 1.29 is 0 Å². The molecule has 3 aromatic heterocycles. The van der Waals surface area contributed by atoms with E-state index in [0.29, 0.717) is 17.4 Å². The molecule has 0 saturated heterocycles. The highest BCUT2D eigenvalue weighted by Gasteiger charge is 2.08. The van der Waals surface area contributed by atoms with Crippen LogP contribution >= 0.6 is 12.2 Å². The van der Waals surface area contributed by atoms with Crippen molar-refractivity contribution in [1.82, 2.24) is 18.9 Å². The van der Waals surface area contributed by atoms with E-state index in [-0.39, 0.29) is 0 Å². The van der Waals surface area contributed by atoms with Crippen LogP contribution in [-0.4, -0.2) is 23.9 Å². The monoisotopic (exact) mass is 257 g/mol. The maximum Gasteiger partial charge on any atom is 0.167 e. The van der Waals surface area contributed by atoms with Gasteiger partial charge in [-0.25, -0.2) is 9.97 Å². The minimum atomic E-state index is 0.295. The van der Waals surface area contributed by atoms with Gasteiger partial charge in [-0.05, 0) is 12.1 Å². The van der Waals surface area contributed by atoms with Gasteiger partial charge in [-0.2, -0.15) is 0 Å². The number of nitrogens with two attached hydrogens (primary N) is 1. The summed E-state index contributed by atoms with van der Waals surface area (Å²) in [6.07, 6.45) is 7.48. The lowest BCUT2D eigenvalue weighted by molar-refractivity contribution is 0.771. The molecule has 0 unspecified atom stereocenters. The zero-order valence-electron chi connectivity index (χ0n) is 9.52. The van der Waals surface area contributed by atoms with Gasteiger partial charge in [0, 0.05) is 24.8 Å². The van der Waals surface area contributed by atoms with Crippen LogP contribution in [0.15, 0.2) is 43.0 Å². The molecule has 0 fully saturated rings. The van der Waals surface area contributed by atoms with Crippen LogP contribution in [0.25, 0.3) is 5.65 Å². The molecule has 3 aromatic rings.